The molecule has 2 atom stereocenters. The van der Waals surface area contributed by atoms with Gasteiger partial charge in [0.25, 0.3) is 8.32 Å². The van der Waals surface area contributed by atoms with Crippen LogP contribution in [0.1, 0.15) is 27.2 Å². The van der Waals surface area contributed by atoms with Crippen molar-refractivity contribution in [1.29, 1.82) is 0 Å². The first-order chi connectivity index (χ1) is 13.7. The van der Waals surface area contributed by atoms with Crippen molar-refractivity contribution in [3.05, 3.63) is 60.7 Å². The van der Waals surface area contributed by atoms with Crippen molar-refractivity contribution in [2.75, 3.05) is 6.54 Å². The van der Waals surface area contributed by atoms with Gasteiger partial charge in [0, 0.05) is 13.0 Å². The zero-order valence-corrected chi connectivity index (χ0v) is 17.9. The fraction of sp³-hybridized carbons (Fsp3) is 0.364. The molecule has 1 heterocycles. The van der Waals surface area contributed by atoms with Crippen molar-refractivity contribution in [2.24, 2.45) is 0 Å². The minimum atomic E-state index is -2.86. The van der Waals surface area contributed by atoms with Crippen LogP contribution in [0, 0.1) is 0 Å². The van der Waals surface area contributed by atoms with Crippen molar-refractivity contribution in [3.63, 3.8) is 0 Å². The molecule has 0 bridgehead atoms. The average Bonchev–Trinajstić information content (AvgIpc) is 3.11. The maximum absolute atomic E-state index is 11.6. The van der Waals surface area contributed by atoms with Gasteiger partial charge in [-0.3, -0.25) is 4.90 Å². The summed E-state index contributed by atoms with van der Waals surface area (Å²) in [5.41, 5.74) is 0. The van der Waals surface area contributed by atoms with Gasteiger partial charge in [-0.1, -0.05) is 81.4 Å². The molecule has 7 heteroatoms. The second-order valence-corrected chi connectivity index (χ2v) is 12.7. The van der Waals surface area contributed by atoms with Gasteiger partial charge in [-0.15, -0.1) is 0 Å². The lowest BCUT2D eigenvalue weighted by atomic mass is 10.2. The van der Waals surface area contributed by atoms with E-state index in [2.05, 4.69) is 45.0 Å². The lowest BCUT2D eigenvalue weighted by molar-refractivity contribution is -0.141. The van der Waals surface area contributed by atoms with Gasteiger partial charge >= 0.3 is 12.1 Å². The number of hydrogen-bond acceptors (Lipinski definition) is 3. The molecule has 2 N–H and O–H groups in total. The van der Waals surface area contributed by atoms with Crippen molar-refractivity contribution in [3.8, 4) is 0 Å². The molecule has 2 aromatic rings. The molecule has 0 saturated carbocycles. The summed E-state index contributed by atoms with van der Waals surface area (Å²) in [6.07, 6.45) is -1.57. The molecule has 3 rings (SSSR count). The standard InChI is InChI=1S/C22H27NO5Si/c1-22(2,3)29(17-10-6-4-7-11-17,18-12-8-5-9-13-18)28-16-14-19(20(24)25)23(15-16)21(26)27/h4-13,16,19H,14-15H2,1-3H3,(H,24,25)(H,26,27)/t16-,19?/m0/s1. The van der Waals surface area contributed by atoms with Gasteiger partial charge < -0.3 is 14.6 Å². The van der Waals surface area contributed by atoms with Crippen molar-refractivity contribution in [2.45, 2.75) is 44.4 Å². The Hall–Kier alpha value is -2.64. The Kier molecular flexibility index (Phi) is 5.82. The zero-order chi connectivity index (χ0) is 21.2. The Balaban J connectivity index is 2.10. The first-order valence-corrected chi connectivity index (χ1v) is 11.6. The van der Waals surface area contributed by atoms with Crippen molar-refractivity contribution >= 4 is 30.8 Å². The number of benzene rings is 2. The van der Waals surface area contributed by atoms with Crippen molar-refractivity contribution < 1.29 is 24.2 Å². The highest BCUT2D eigenvalue weighted by Crippen LogP contribution is 2.39. The Morgan fingerprint density at radius 2 is 1.45 bits per heavy atom. The molecule has 0 spiro atoms. The van der Waals surface area contributed by atoms with E-state index in [1.807, 2.05) is 36.4 Å². The van der Waals surface area contributed by atoms with Crippen LogP contribution >= 0.6 is 0 Å². The molecule has 1 amide bonds. The topological polar surface area (TPSA) is 87.1 Å². The highest BCUT2D eigenvalue weighted by Gasteiger charge is 2.53. The monoisotopic (exact) mass is 413 g/mol. The third-order valence-electron chi connectivity index (χ3n) is 5.55. The normalized spacial score (nSPS) is 19.9. The van der Waals surface area contributed by atoms with Crippen LogP contribution in [0.4, 0.5) is 4.79 Å². The van der Waals surface area contributed by atoms with Gasteiger partial charge in [-0.2, -0.15) is 0 Å². The molecule has 1 aliphatic heterocycles. The van der Waals surface area contributed by atoms with E-state index in [1.54, 1.807) is 0 Å². The number of carboxylic acids is 1. The lowest BCUT2D eigenvalue weighted by Crippen LogP contribution is -2.67. The molecule has 154 valence electrons. The summed E-state index contributed by atoms with van der Waals surface area (Å²) in [4.78, 5) is 24.2. The van der Waals surface area contributed by atoms with Gasteiger partial charge in [0.1, 0.15) is 6.04 Å². The van der Waals surface area contributed by atoms with E-state index in [-0.39, 0.29) is 18.0 Å². The minimum Gasteiger partial charge on any atom is -0.480 e. The second-order valence-electron chi connectivity index (χ2n) is 8.43. The molecule has 0 aliphatic carbocycles. The quantitative estimate of drug-likeness (QED) is 0.736. The van der Waals surface area contributed by atoms with E-state index in [9.17, 15) is 19.8 Å². The summed E-state index contributed by atoms with van der Waals surface area (Å²) >= 11 is 0. The van der Waals surface area contributed by atoms with E-state index in [1.165, 1.54) is 0 Å². The zero-order valence-electron chi connectivity index (χ0n) is 16.9. The summed E-state index contributed by atoms with van der Waals surface area (Å²) in [6.45, 7) is 6.46. The van der Waals surface area contributed by atoms with Crippen LogP contribution < -0.4 is 10.4 Å². The van der Waals surface area contributed by atoms with E-state index >= 15 is 0 Å². The van der Waals surface area contributed by atoms with E-state index in [0.717, 1.165) is 15.3 Å². The number of likely N-dealkylation sites (tertiary alicyclic amines) is 1. The van der Waals surface area contributed by atoms with Crippen LogP contribution in [0.25, 0.3) is 0 Å². The second kappa shape index (κ2) is 8.00. The largest absolute Gasteiger partial charge is 0.480 e. The molecule has 1 unspecified atom stereocenters. The van der Waals surface area contributed by atoms with Gasteiger partial charge in [0.15, 0.2) is 0 Å². The summed E-state index contributed by atoms with van der Waals surface area (Å²) < 4.78 is 6.87. The molecule has 0 radical (unpaired) electrons. The minimum absolute atomic E-state index is 0.0524. The number of amides is 1. The number of nitrogens with zero attached hydrogens (tertiary/aromatic N) is 1. The first kappa shape index (κ1) is 21.1. The van der Waals surface area contributed by atoms with Crippen LogP contribution in [0.3, 0.4) is 0 Å². The van der Waals surface area contributed by atoms with Gasteiger partial charge in [0.2, 0.25) is 0 Å². The molecule has 0 aromatic heterocycles. The smallest absolute Gasteiger partial charge is 0.408 e. The Morgan fingerprint density at radius 3 is 1.79 bits per heavy atom. The fourth-order valence-electron chi connectivity index (χ4n) is 4.27. The highest BCUT2D eigenvalue weighted by molar-refractivity contribution is 6.99. The first-order valence-electron chi connectivity index (χ1n) is 9.68. The van der Waals surface area contributed by atoms with Crippen molar-refractivity contribution in [1.82, 2.24) is 4.90 Å². The summed E-state index contributed by atoms with van der Waals surface area (Å²) in [6, 6.07) is 19.0. The fourth-order valence-corrected chi connectivity index (χ4v) is 8.96. The third kappa shape index (κ3) is 3.93. The molecule has 6 nitrogen and oxygen atoms in total. The predicted octanol–water partition coefficient (Wildman–Crippen LogP) is 2.77. The molecular formula is C22H27NO5Si. The van der Waals surface area contributed by atoms with Crippen LogP contribution in [0.2, 0.25) is 5.04 Å². The molecule has 1 saturated heterocycles. The maximum atomic E-state index is 11.6. The van der Waals surface area contributed by atoms with E-state index < -0.39 is 32.5 Å². The van der Waals surface area contributed by atoms with Gasteiger partial charge in [-0.25, -0.2) is 9.59 Å². The Labute approximate surface area is 171 Å². The lowest BCUT2D eigenvalue weighted by Gasteiger charge is -2.44. The molecule has 29 heavy (non-hydrogen) atoms. The van der Waals surface area contributed by atoms with Crippen LogP contribution in [-0.2, 0) is 9.22 Å². The molecule has 1 fully saturated rings. The third-order valence-corrected chi connectivity index (χ3v) is 10.6. The highest BCUT2D eigenvalue weighted by atomic mass is 28.4. The number of hydrogen-bond donors (Lipinski definition) is 2. The van der Waals surface area contributed by atoms with Gasteiger partial charge in [0.05, 0.1) is 6.10 Å². The number of rotatable bonds is 5. The van der Waals surface area contributed by atoms with Crippen LogP contribution in [-0.4, -0.2) is 54.2 Å². The predicted molar refractivity (Wildman–Crippen MR) is 113 cm³/mol. The summed E-state index contributed by atoms with van der Waals surface area (Å²) in [7, 11) is -2.86. The summed E-state index contributed by atoms with van der Waals surface area (Å²) in [5, 5.41) is 20.9. The number of carbonyl (C=O) groups is 2. The van der Waals surface area contributed by atoms with Crippen LogP contribution in [0.15, 0.2) is 60.7 Å². The Morgan fingerprint density at radius 1 is 0.966 bits per heavy atom. The SMILES string of the molecule is CC(C)(C)[Si](O[C@H]1CC(C(=O)O)N(C(=O)O)C1)(c1ccccc1)c1ccccc1. The number of carboxylic acid groups (broad SMARTS) is 2. The maximum Gasteiger partial charge on any atom is 0.408 e. The van der Waals surface area contributed by atoms with Gasteiger partial charge in [-0.05, 0) is 15.4 Å². The van der Waals surface area contributed by atoms with E-state index in [4.69, 9.17) is 4.43 Å². The Bertz CT molecular complexity index is 804. The van der Waals surface area contributed by atoms with Crippen LogP contribution in [0.5, 0.6) is 0 Å². The summed E-state index contributed by atoms with van der Waals surface area (Å²) in [5.74, 6) is -1.14. The average molecular weight is 414 g/mol. The molecule has 2 aromatic carbocycles. The molecule has 1 aliphatic rings. The number of aliphatic carboxylic acids is 1. The van der Waals surface area contributed by atoms with E-state index in [0.29, 0.717) is 0 Å². The molecular weight excluding hydrogens is 386 g/mol.